The van der Waals surface area contributed by atoms with E-state index in [-0.39, 0.29) is 5.91 Å². The molecule has 0 bridgehead atoms. The van der Waals surface area contributed by atoms with Crippen LogP contribution in [0.4, 0.5) is 0 Å². The van der Waals surface area contributed by atoms with Gasteiger partial charge in [0, 0.05) is 5.56 Å². The van der Waals surface area contributed by atoms with Gasteiger partial charge in [0.15, 0.2) is 0 Å². The minimum absolute atomic E-state index is 0.00326. The van der Waals surface area contributed by atoms with Crippen molar-refractivity contribution in [2.45, 2.75) is 19.3 Å². The smallest absolute Gasteiger partial charge is 0.267 e. The molecule has 2 aliphatic heterocycles. The number of methoxy groups -OCH3 is 1. The Kier molecular flexibility index (Phi) is 5.35. The molecule has 0 atom stereocenters. The first-order valence-electron chi connectivity index (χ1n) is 7.80. The van der Waals surface area contributed by atoms with E-state index in [1.807, 2.05) is 30.3 Å². The normalized spacial score (nSPS) is 21.3. The van der Waals surface area contributed by atoms with Crippen molar-refractivity contribution in [3.63, 3.8) is 0 Å². The molecular weight excluding hydrogens is 328 g/mol. The largest absolute Gasteiger partial charge is 0.496 e. The van der Waals surface area contributed by atoms with E-state index in [9.17, 15) is 4.79 Å². The Balaban J connectivity index is 1.76. The molecule has 1 aromatic carbocycles. The second kappa shape index (κ2) is 7.47. The highest BCUT2D eigenvalue weighted by Crippen LogP contribution is 2.34. The van der Waals surface area contributed by atoms with Crippen LogP contribution in [-0.2, 0) is 4.79 Å². The summed E-state index contributed by atoms with van der Waals surface area (Å²) in [4.78, 5) is 17.4. The molecule has 1 aromatic rings. The molecule has 122 valence electrons. The van der Waals surface area contributed by atoms with E-state index in [4.69, 9.17) is 17.0 Å². The highest BCUT2D eigenvalue weighted by molar-refractivity contribution is 8.26. The van der Waals surface area contributed by atoms with Gasteiger partial charge in [-0.15, -0.1) is 0 Å². The number of amides is 1. The minimum atomic E-state index is -0.00326. The Hall–Kier alpha value is -1.37. The summed E-state index contributed by atoms with van der Waals surface area (Å²) in [5, 5.41) is 0. The Morgan fingerprint density at radius 2 is 2.00 bits per heavy atom. The maximum absolute atomic E-state index is 12.7. The average Bonchev–Trinajstić information content (AvgIpc) is 2.84. The van der Waals surface area contributed by atoms with Crippen molar-refractivity contribution in [1.29, 1.82) is 0 Å². The van der Waals surface area contributed by atoms with E-state index >= 15 is 0 Å². The first kappa shape index (κ1) is 16.5. The van der Waals surface area contributed by atoms with Crippen LogP contribution in [0.3, 0.4) is 0 Å². The van der Waals surface area contributed by atoms with Gasteiger partial charge in [0.25, 0.3) is 5.91 Å². The maximum Gasteiger partial charge on any atom is 0.267 e. The van der Waals surface area contributed by atoms with Gasteiger partial charge in [0.2, 0.25) is 0 Å². The van der Waals surface area contributed by atoms with Crippen molar-refractivity contribution < 1.29 is 9.53 Å². The highest BCUT2D eigenvalue weighted by Gasteiger charge is 2.33. The number of rotatable bonds is 4. The molecule has 0 saturated carbocycles. The molecule has 1 amide bonds. The third-order valence-corrected chi connectivity index (χ3v) is 5.47. The summed E-state index contributed by atoms with van der Waals surface area (Å²) in [6, 6.07) is 7.68. The fraction of sp³-hybridized carbons (Fsp3) is 0.412. The number of nitrogens with zero attached hydrogens (tertiary/aromatic N) is 2. The van der Waals surface area contributed by atoms with E-state index in [1.54, 1.807) is 12.0 Å². The minimum Gasteiger partial charge on any atom is -0.496 e. The van der Waals surface area contributed by atoms with Crippen molar-refractivity contribution in [1.82, 2.24) is 9.80 Å². The lowest BCUT2D eigenvalue weighted by Crippen LogP contribution is -2.42. The predicted octanol–water partition coefficient (Wildman–Crippen LogP) is 3.34. The van der Waals surface area contributed by atoms with Crippen LogP contribution in [0, 0.1) is 0 Å². The number of carbonyl (C=O) groups excluding carboxylic acids is 1. The van der Waals surface area contributed by atoms with Crippen LogP contribution in [-0.4, -0.2) is 46.9 Å². The van der Waals surface area contributed by atoms with E-state index in [1.165, 1.54) is 31.0 Å². The molecule has 0 aromatic heterocycles. The number of carbonyl (C=O) groups is 1. The third-order valence-electron chi connectivity index (χ3n) is 4.09. The fourth-order valence-electron chi connectivity index (χ4n) is 2.85. The van der Waals surface area contributed by atoms with Crippen LogP contribution in [0.2, 0.25) is 0 Å². The van der Waals surface area contributed by atoms with E-state index in [2.05, 4.69) is 4.90 Å². The van der Waals surface area contributed by atoms with Gasteiger partial charge in [-0.2, -0.15) is 0 Å². The third kappa shape index (κ3) is 3.76. The first-order chi connectivity index (χ1) is 11.2. The highest BCUT2D eigenvalue weighted by atomic mass is 32.2. The van der Waals surface area contributed by atoms with Gasteiger partial charge >= 0.3 is 0 Å². The number of benzene rings is 1. The predicted molar refractivity (Wildman–Crippen MR) is 98.3 cm³/mol. The Bertz CT molecular complexity index is 639. The molecule has 4 nitrogen and oxygen atoms in total. The van der Waals surface area contributed by atoms with E-state index in [0.29, 0.717) is 15.9 Å². The van der Waals surface area contributed by atoms with Gasteiger partial charge < -0.3 is 4.74 Å². The maximum atomic E-state index is 12.7. The number of piperidine rings is 1. The summed E-state index contributed by atoms with van der Waals surface area (Å²) in [5.74, 6) is 0.755. The topological polar surface area (TPSA) is 32.8 Å². The molecule has 23 heavy (non-hydrogen) atoms. The first-order valence-corrected chi connectivity index (χ1v) is 9.02. The molecular formula is C17H20N2O2S2. The summed E-state index contributed by atoms with van der Waals surface area (Å²) in [6.45, 7) is 2.69. The van der Waals surface area contributed by atoms with Crippen LogP contribution in [0.1, 0.15) is 24.8 Å². The van der Waals surface area contributed by atoms with Gasteiger partial charge in [-0.1, -0.05) is 48.6 Å². The zero-order valence-corrected chi connectivity index (χ0v) is 14.8. The lowest BCUT2D eigenvalue weighted by molar-refractivity contribution is -0.123. The number of thiocarbonyl (C=S) groups is 1. The lowest BCUT2D eigenvalue weighted by atomic mass is 10.1. The van der Waals surface area contributed by atoms with E-state index < -0.39 is 0 Å². The fourth-order valence-corrected chi connectivity index (χ4v) is 4.08. The zero-order chi connectivity index (χ0) is 16.2. The van der Waals surface area contributed by atoms with Crippen molar-refractivity contribution in [3.8, 4) is 5.75 Å². The Morgan fingerprint density at radius 1 is 1.26 bits per heavy atom. The van der Waals surface area contributed by atoms with Crippen molar-refractivity contribution in [3.05, 3.63) is 34.7 Å². The SMILES string of the molecule is COc1ccccc1C=C1SC(=S)N(CN2CCCCC2)C1=O. The monoisotopic (exact) mass is 348 g/mol. The van der Waals surface area contributed by atoms with Gasteiger partial charge in [-0.05, 0) is 38.1 Å². The van der Waals surface area contributed by atoms with Crippen LogP contribution in [0.15, 0.2) is 29.2 Å². The summed E-state index contributed by atoms with van der Waals surface area (Å²) >= 11 is 6.78. The number of para-hydroxylation sites is 1. The van der Waals surface area contributed by atoms with Crippen molar-refractivity contribution >= 4 is 40.3 Å². The second-order valence-electron chi connectivity index (χ2n) is 5.67. The zero-order valence-electron chi connectivity index (χ0n) is 13.2. The van der Waals surface area contributed by atoms with Crippen molar-refractivity contribution in [2.75, 3.05) is 26.9 Å². The molecule has 0 N–H and O–H groups in total. The number of ether oxygens (including phenoxy) is 1. The van der Waals surface area contributed by atoms with Crippen LogP contribution in [0.5, 0.6) is 5.75 Å². The molecule has 2 saturated heterocycles. The van der Waals surface area contributed by atoms with Crippen molar-refractivity contribution in [2.24, 2.45) is 0 Å². The quantitative estimate of drug-likeness (QED) is 0.616. The molecule has 2 heterocycles. The lowest BCUT2D eigenvalue weighted by Gasteiger charge is -2.29. The molecule has 3 rings (SSSR count). The number of hydrogen-bond acceptors (Lipinski definition) is 5. The van der Waals surface area contributed by atoms with E-state index in [0.717, 1.165) is 24.4 Å². The van der Waals surface area contributed by atoms with Gasteiger partial charge in [-0.3, -0.25) is 14.6 Å². The van der Waals surface area contributed by atoms with Crippen LogP contribution < -0.4 is 4.74 Å². The molecule has 0 unspecified atom stereocenters. The Morgan fingerprint density at radius 3 is 2.74 bits per heavy atom. The van der Waals surface area contributed by atoms with Gasteiger partial charge in [-0.25, -0.2) is 0 Å². The average molecular weight is 348 g/mol. The summed E-state index contributed by atoms with van der Waals surface area (Å²) < 4.78 is 5.99. The molecule has 2 aliphatic rings. The summed E-state index contributed by atoms with van der Waals surface area (Å²) in [5.41, 5.74) is 0.897. The second-order valence-corrected chi connectivity index (χ2v) is 7.35. The molecule has 0 radical (unpaired) electrons. The molecule has 6 heteroatoms. The molecule has 0 aliphatic carbocycles. The van der Waals surface area contributed by atoms with Crippen LogP contribution >= 0.6 is 24.0 Å². The molecule has 0 spiro atoms. The summed E-state index contributed by atoms with van der Waals surface area (Å²) in [6.07, 6.45) is 5.55. The molecule has 2 fully saturated rings. The van der Waals surface area contributed by atoms with Gasteiger partial charge in [0.1, 0.15) is 10.1 Å². The Labute approximate surface area is 146 Å². The number of thioether (sulfide) groups is 1. The van der Waals surface area contributed by atoms with Crippen LogP contribution in [0.25, 0.3) is 6.08 Å². The number of hydrogen-bond donors (Lipinski definition) is 0. The standard InChI is InChI=1S/C17H20N2O2S2/c1-21-14-8-4-3-7-13(14)11-15-16(20)19(17(22)23-15)12-18-9-5-2-6-10-18/h3-4,7-8,11H,2,5-6,9-10,12H2,1H3. The summed E-state index contributed by atoms with van der Waals surface area (Å²) in [7, 11) is 1.63. The van der Waals surface area contributed by atoms with Gasteiger partial charge in [0.05, 0.1) is 18.7 Å². The number of likely N-dealkylation sites (tertiary alicyclic amines) is 1.